The third-order valence-electron chi connectivity index (χ3n) is 6.60. The van der Waals surface area contributed by atoms with E-state index in [-0.39, 0.29) is 12.1 Å². The maximum Gasteiger partial charge on any atom is 0.361 e. The van der Waals surface area contributed by atoms with Gasteiger partial charge in [-0.2, -0.15) is 0 Å². The molecule has 0 fully saturated rings. The van der Waals surface area contributed by atoms with Crippen molar-refractivity contribution in [2.75, 3.05) is 27.2 Å². The SMILES string of the molecule is CCCCCCCCCCCc1cccc(OC(C)CCOC(=O)C[N+](C)(C)Cc2ccccc2)c1. The summed E-state index contributed by atoms with van der Waals surface area (Å²) in [4.78, 5) is 12.4. The van der Waals surface area contributed by atoms with Crippen molar-refractivity contribution in [2.24, 2.45) is 0 Å². The highest BCUT2D eigenvalue weighted by Gasteiger charge is 2.22. The highest BCUT2D eigenvalue weighted by molar-refractivity contribution is 5.70. The van der Waals surface area contributed by atoms with Crippen LogP contribution in [0.4, 0.5) is 0 Å². The molecule has 0 bridgehead atoms. The Kier molecular flexibility index (Phi) is 14.3. The maximum atomic E-state index is 12.4. The lowest BCUT2D eigenvalue weighted by Crippen LogP contribution is -2.43. The molecule has 0 aromatic heterocycles. The maximum absolute atomic E-state index is 12.4. The van der Waals surface area contributed by atoms with Crippen molar-refractivity contribution >= 4 is 5.97 Å². The molecule has 1 atom stereocenters. The van der Waals surface area contributed by atoms with E-state index in [1.54, 1.807) is 0 Å². The van der Waals surface area contributed by atoms with Gasteiger partial charge >= 0.3 is 5.97 Å². The van der Waals surface area contributed by atoms with Gasteiger partial charge < -0.3 is 14.0 Å². The highest BCUT2D eigenvalue weighted by atomic mass is 16.5. The van der Waals surface area contributed by atoms with E-state index in [2.05, 4.69) is 51.4 Å². The fraction of sp³-hybridized carbons (Fsp3) is 0.594. The number of likely N-dealkylation sites (N-methyl/N-ethyl adjacent to an activating group) is 1. The lowest BCUT2D eigenvalue weighted by molar-refractivity contribution is -0.896. The Morgan fingerprint density at radius 3 is 2.17 bits per heavy atom. The van der Waals surface area contributed by atoms with Crippen LogP contribution in [0.3, 0.4) is 0 Å². The minimum Gasteiger partial charge on any atom is -0.491 e. The molecule has 2 rings (SSSR count). The number of hydrogen-bond acceptors (Lipinski definition) is 3. The Balaban J connectivity index is 1.60. The van der Waals surface area contributed by atoms with Crippen molar-refractivity contribution in [3.05, 3.63) is 65.7 Å². The summed E-state index contributed by atoms with van der Waals surface area (Å²) in [5, 5.41) is 0. The van der Waals surface area contributed by atoms with Crippen LogP contribution in [0.15, 0.2) is 54.6 Å². The van der Waals surface area contributed by atoms with E-state index in [0.29, 0.717) is 24.1 Å². The van der Waals surface area contributed by atoms with E-state index in [4.69, 9.17) is 9.47 Å². The molecule has 0 N–H and O–H groups in total. The molecule has 0 aliphatic rings. The molecule has 0 radical (unpaired) electrons. The number of rotatable bonds is 19. The van der Waals surface area contributed by atoms with Gasteiger partial charge in [0.25, 0.3) is 0 Å². The molecule has 200 valence electrons. The zero-order valence-electron chi connectivity index (χ0n) is 23.3. The monoisotopic (exact) mass is 496 g/mol. The molecular weight excluding hydrogens is 446 g/mol. The third kappa shape index (κ3) is 13.7. The van der Waals surface area contributed by atoms with Gasteiger partial charge in [-0.15, -0.1) is 0 Å². The number of benzene rings is 2. The number of hydrogen-bond donors (Lipinski definition) is 0. The molecule has 0 aliphatic heterocycles. The van der Waals surface area contributed by atoms with Gasteiger partial charge in [-0.05, 0) is 37.5 Å². The summed E-state index contributed by atoms with van der Waals surface area (Å²) in [5.74, 6) is 0.744. The zero-order chi connectivity index (χ0) is 26.1. The number of quaternary nitrogens is 1. The predicted molar refractivity (Wildman–Crippen MR) is 150 cm³/mol. The van der Waals surface area contributed by atoms with Crippen LogP contribution < -0.4 is 4.74 Å². The van der Waals surface area contributed by atoms with Crippen molar-refractivity contribution in [3.63, 3.8) is 0 Å². The Hall–Kier alpha value is -2.33. The average Bonchev–Trinajstić information content (AvgIpc) is 2.83. The van der Waals surface area contributed by atoms with Crippen LogP contribution in [-0.2, 0) is 22.5 Å². The van der Waals surface area contributed by atoms with Crippen LogP contribution in [0.25, 0.3) is 0 Å². The second-order valence-electron chi connectivity index (χ2n) is 10.9. The summed E-state index contributed by atoms with van der Waals surface area (Å²) in [5.41, 5.74) is 2.56. The minimum atomic E-state index is -0.161. The molecule has 0 amide bonds. The molecule has 0 aliphatic carbocycles. The van der Waals surface area contributed by atoms with Gasteiger partial charge in [0.2, 0.25) is 0 Å². The number of nitrogens with zero attached hydrogens (tertiary/aromatic N) is 1. The van der Waals surface area contributed by atoms with E-state index < -0.39 is 0 Å². The lowest BCUT2D eigenvalue weighted by Gasteiger charge is -2.28. The quantitative estimate of drug-likeness (QED) is 0.113. The number of aryl methyl sites for hydroxylation is 1. The molecule has 1 unspecified atom stereocenters. The first-order chi connectivity index (χ1) is 17.4. The number of carbonyl (C=O) groups is 1. The first-order valence-electron chi connectivity index (χ1n) is 14.1. The van der Waals surface area contributed by atoms with Crippen molar-refractivity contribution < 1.29 is 18.8 Å². The number of esters is 1. The molecule has 0 saturated carbocycles. The van der Waals surface area contributed by atoms with E-state index in [9.17, 15) is 4.79 Å². The first kappa shape index (κ1) is 29.9. The van der Waals surface area contributed by atoms with Crippen molar-refractivity contribution in [2.45, 2.75) is 97.1 Å². The van der Waals surface area contributed by atoms with E-state index in [1.807, 2.05) is 31.2 Å². The van der Waals surface area contributed by atoms with Gasteiger partial charge in [0.05, 0.1) is 26.8 Å². The standard InChI is InChI=1S/C32H50NO3/c1-5-6-7-8-9-10-11-12-14-18-29-21-17-22-31(25-29)36-28(2)23-24-35-32(34)27-33(3,4)26-30-19-15-13-16-20-30/h13,15-17,19-22,25,28H,5-12,14,18,23-24,26-27H2,1-4H3/q+1. The number of carbonyl (C=O) groups excluding carboxylic acids is 1. The topological polar surface area (TPSA) is 35.5 Å². The molecule has 4 nitrogen and oxygen atoms in total. The summed E-state index contributed by atoms with van der Waals surface area (Å²) >= 11 is 0. The molecule has 0 saturated heterocycles. The largest absolute Gasteiger partial charge is 0.491 e. The number of unbranched alkanes of at least 4 members (excludes halogenated alkanes) is 8. The summed E-state index contributed by atoms with van der Waals surface area (Å²) < 4.78 is 12.2. The predicted octanol–water partition coefficient (Wildman–Crippen LogP) is 7.74. The fourth-order valence-corrected chi connectivity index (χ4v) is 4.57. The van der Waals surface area contributed by atoms with E-state index in [0.717, 1.165) is 18.7 Å². The van der Waals surface area contributed by atoms with Crippen molar-refractivity contribution in [1.82, 2.24) is 0 Å². The zero-order valence-corrected chi connectivity index (χ0v) is 23.3. The first-order valence-corrected chi connectivity index (χ1v) is 14.1. The summed E-state index contributed by atoms with van der Waals surface area (Å²) in [7, 11) is 4.11. The molecule has 36 heavy (non-hydrogen) atoms. The smallest absolute Gasteiger partial charge is 0.361 e. The van der Waals surface area contributed by atoms with Gasteiger partial charge in [0.15, 0.2) is 6.54 Å². The van der Waals surface area contributed by atoms with Gasteiger partial charge in [-0.3, -0.25) is 0 Å². The Labute approximate surface area is 220 Å². The van der Waals surface area contributed by atoms with Crippen LogP contribution in [0.1, 0.15) is 89.2 Å². The van der Waals surface area contributed by atoms with Crippen LogP contribution in [0.5, 0.6) is 5.75 Å². The summed E-state index contributed by atoms with van der Waals surface area (Å²) in [6.45, 7) is 5.84. The molecular formula is C32H50NO3+. The van der Waals surface area contributed by atoms with Gasteiger partial charge in [0.1, 0.15) is 12.3 Å². The van der Waals surface area contributed by atoms with Gasteiger partial charge in [0, 0.05) is 12.0 Å². The highest BCUT2D eigenvalue weighted by Crippen LogP contribution is 2.19. The molecule has 0 spiro atoms. The fourth-order valence-electron chi connectivity index (χ4n) is 4.57. The Morgan fingerprint density at radius 1 is 0.833 bits per heavy atom. The second-order valence-corrected chi connectivity index (χ2v) is 10.9. The van der Waals surface area contributed by atoms with Crippen LogP contribution in [0, 0.1) is 0 Å². The second kappa shape index (κ2) is 17.2. The summed E-state index contributed by atoms with van der Waals surface area (Å²) in [6, 6.07) is 18.7. The van der Waals surface area contributed by atoms with Crippen molar-refractivity contribution in [3.8, 4) is 5.75 Å². The third-order valence-corrected chi connectivity index (χ3v) is 6.60. The molecule has 0 heterocycles. The van der Waals surface area contributed by atoms with E-state index >= 15 is 0 Å². The number of ether oxygens (including phenoxy) is 2. The van der Waals surface area contributed by atoms with Crippen LogP contribution in [0.2, 0.25) is 0 Å². The van der Waals surface area contributed by atoms with Gasteiger partial charge in [-0.25, -0.2) is 4.79 Å². The van der Waals surface area contributed by atoms with Crippen molar-refractivity contribution in [1.29, 1.82) is 0 Å². The average molecular weight is 497 g/mol. The lowest BCUT2D eigenvalue weighted by atomic mass is 10.0. The van der Waals surface area contributed by atoms with Crippen LogP contribution in [-0.4, -0.2) is 43.8 Å². The normalized spacial score (nSPS) is 12.3. The Morgan fingerprint density at radius 2 is 1.47 bits per heavy atom. The molecule has 4 heteroatoms. The molecule has 2 aromatic carbocycles. The van der Waals surface area contributed by atoms with Crippen LogP contribution >= 0.6 is 0 Å². The van der Waals surface area contributed by atoms with Gasteiger partial charge in [-0.1, -0.05) is 101 Å². The Bertz CT molecular complexity index is 849. The minimum absolute atomic E-state index is 0.00687. The molecule has 2 aromatic rings. The van der Waals surface area contributed by atoms with E-state index in [1.165, 1.54) is 68.9 Å². The summed E-state index contributed by atoms with van der Waals surface area (Å²) in [6.07, 6.45) is 13.9.